The Balaban J connectivity index is 0. The van der Waals surface area contributed by atoms with Crippen LogP contribution in [0.4, 0.5) is 4.70 Å². The zero-order valence-electron chi connectivity index (χ0n) is 5.67. The van der Waals surface area contributed by atoms with Gasteiger partial charge in [0.25, 0.3) is 0 Å². The average Bonchev–Trinajstić information content (AvgIpc) is 1.64. The fraction of sp³-hybridized carbons (Fsp3) is 0.600. The monoisotopic (exact) mass is 135 g/mol. The maximum Gasteiger partial charge on any atom is 0.225 e. The van der Waals surface area contributed by atoms with Crippen LogP contribution in [0, 0.1) is 0 Å². The van der Waals surface area contributed by atoms with Gasteiger partial charge in [0, 0.05) is 20.9 Å². The van der Waals surface area contributed by atoms with Crippen LogP contribution in [0.15, 0.2) is 0 Å². The Labute approximate surface area is 53.0 Å². The topological polar surface area (TPSA) is 37.4 Å². The van der Waals surface area contributed by atoms with Gasteiger partial charge in [-0.05, 0) is 0 Å². The second-order valence-electron chi connectivity index (χ2n) is 1.60. The number of carbonyl (C=O) groups excluding carboxylic acids is 2. The van der Waals surface area contributed by atoms with E-state index in [1.165, 1.54) is 20.9 Å². The van der Waals surface area contributed by atoms with Crippen molar-refractivity contribution in [2.24, 2.45) is 0 Å². The quantitative estimate of drug-likeness (QED) is 0.474. The van der Waals surface area contributed by atoms with Gasteiger partial charge < -0.3 is 0 Å². The van der Waals surface area contributed by atoms with Crippen LogP contribution in [0.5, 0.6) is 0 Å². The molecule has 0 unspecified atom stereocenters. The standard InChI is InChI=1S/C5H9NO2.FH/c1-4(7)6(3)5(2)8;/h1-3H3;1H. The van der Waals surface area contributed by atoms with E-state index in [0.717, 1.165) is 4.90 Å². The molecular weight excluding hydrogens is 125 g/mol. The summed E-state index contributed by atoms with van der Waals surface area (Å²) in [4.78, 5) is 21.6. The minimum absolute atomic E-state index is 0. The minimum Gasteiger partial charge on any atom is -0.286 e. The summed E-state index contributed by atoms with van der Waals surface area (Å²) in [7, 11) is 1.45. The number of imide groups is 1. The van der Waals surface area contributed by atoms with Gasteiger partial charge in [-0.25, -0.2) is 0 Å². The van der Waals surface area contributed by atoms with E-state index in [9.17, 15) is 9.59 Å². The molecule has 0 aliphatic heterocycles. The molecule has 0 aromatic carbocycles. The molecule has 0 fully saturated rings. The number of carbonyl (C=O) groups is 2. The lowest BCUT2D eigenvalue weighted by Gasteiger charge is -2.07. The molecule has 0 atom stereocenters. The molecule has 0 N–H and O–H groups in total. The SMILES string of the molecule is CC(=O)N(C)C(C)=O.F. The van der Waals surface area contributed by atoms with Crippen LogP contribution in [-0.4, -0.2) is 23.8 Å². The molecule has 0 saturated heterocycles. The summed E-state index contributed by atoms with van der Waals surface area (Å²) in [5, 5.41) is 0. The van der Waals surface area contributed by atoms with Crippen LogP contribution in [0.2, 0.25) is 0 Å². The van der Waals surface area contributed by atoms with Crippen molar-refractivity contribution < 1.29 is 14.3 Å². The van der Waals surface area contributed by atoms with E-state index in [0.29, 0.717) is 0 Å². The van der Waals surface area contributed by atoms with Gasteiger partial charge >= 0.3 is 0 Å². The largest absolute Gasteiger partial charge is 0.286 e. The van der Waals surface area contributed by atoms with Crippen LogP contribution < -0.4 is 0 Å². The summed E-state index contributed by atoms with van der Waals surface area (Å²) >= 11 is 0. The molecule has 0 aliphatic carbocycles. The molecule has 0 bridgehead atoms. The van der Waals surface area contributed by atoms with Crippen molar-refractivity contribution in [1.82, 2.24) is 4.90 Å². The molecule has 0 aromatic rings. The first kappa shape index (κ1) is 10.9. The zero-order valence-corrected chi connectivity index (χ0v) is 5.67. The fourth-order valence-electron chi connectivity index (χ4n) is 0.222. The molecule has 54 valence electrons. The van der Waals surface area contributed by atoms with Crippen LogP contribution in [-0.2, 0) is 9.59 Å². The maximum atomic E-state index is 10.3. The molecule has 0 rings (SSSR count). The number of nitrogens with zero attached hydrogens (tertiary/aromatic N) is 1. The van der Waals surface area contributed by atoms with E-state index in [-0.39, 0.29) is 16.5 Å². The predicted molar refractivity (Wildman–Crippen MR) is 31.6 cm³/mol. The van der Waals surface area contributed by atoms with Gasteiger partial charge in [-0.1, -0.05) is 0 Å². The molecule has 3 nitrogen and oxygen atoms in total. The van der Waals surface area contributed by atoms with Crippen molar-refractivity contribution in [2.45, 2.75) is 13.8 Å². The molecule has 0 radical (unpaired) electrons. The third-order valence-electron chi connectivity index (χ3n) is 0.945. The highest BCUT2D eigenvalue weighted by Crippen LogP contribution is 1.81. The van der Waals surface area contributed by atoms with Gasteiger partial charge in [0.15, 0.2) is 0 Å². The summed E-state index contributed by atoms with van der Waals surface area (Å²) in [6.07, 6.45) is 0. The molecule has 0 saturated carbocycles. The second kappa shape index (κ2) is 4.00. The fourth-order valence-corrected chi connectivity index (χ4v) is 0.222. The number of rotatable bonds is 0. The van der Waals surface area contributed by atoms with Crippen molar-refractivity contribution in [2.75, 3.05) is 7.05 Å². The van der Waals surface area contributed by atoms with E-state index in [1.54, 1.807) is 0 Å². The lowest BCUT2D eigenvalue weighted by atomic mass is 10.5. The molecule has 0 heterocycles. The number of hydrogen-bond acceptors (Lipinski definition) is 2. The van der Waals surface area contributed by atoms with E-state index in [4.69, 9.17) is 0 Å². The first-order valence-corrected chi connectivity index (χ1v) is 2.30. The third kappa shape index (κ3) is 3.64. The Kier molecular flexibility index (Phi) is 4.87. The van der Waals surface area contributed by atoms with Crippen LogP contribution in [0.25, 0.3) is 0 Å². The van der Waals surface area contributed by atoms with E-state index >= 15 is 0 Å². The summed E-state index contributed by atoms with van der Waals surface area (Å²) in [5.74, 6) is -0.449. The normalized spacial score (nSPS) is 7.44. The smallest absolute Gasteiger partial charge is 0.225 e. The number of amides is 2. The average molecular weight is 135 g/mol. The van der Waals surface area contributed by atoms with E-state index in [1.807, 2.05) is 0 Å². The van der Waals surface area contributed by atoms with Crippen molar-refractivity contribution in [3.05, 3.63) is 0 Å². The molecule has 0 aliphatic rings. The van der Waals surface area contributed by atoms with Gasteiger partial charge in [-0.3, -0.25) is 19.2 Å². The van der Waals surface area contributed by atoms with E-state index < -0.39 is 0 Å². The lowest BCUT2D eigenvalue weighted by Crippen LogP contribution is -2.28. The van der Waals surface area contributed by atoms with Gasteiger partial charge in [0.05, 0.1) is 0 Å². The third-order valence-corrected chi connectivity index (χ3v) is 0.945. The van der Waals surface area contributed by atoms with Gasteiger partial charge in [-0.15, -0.1) is 0 Å². The Morgan fingerprint density at radius 3 is 1.33 bits per heavy atom. The number of hydrogen-bond donors (Lipinski definition) is 0. The first-order valence-electron chi connectivity index (χ1n) is 2.30. The van der Waals surface area contributed by atoms with Crippen LogP contribution >= 0.6 is 0 Å². The summed E-state index contributed by atoms with van der Waals surface area (Å²) in [6, 6.07) is 0. The van der Waals surface area contributed by atoms with Crippen LogP contribution in [0.1, 0.15) is 13.8 Å². The molecule has 4 heteroatoms. The summed E-state index contributed by atoms with van der Waals surface area (Å²) in [5.41, 5.74) is 0. The highest BCUT2D eigenvalue weighted by atomic mass is 19.0. The maximum absolute atomic E-state index is 10.3. The highest BCUT2D eigenvalue weighted by Gasteiger charge is 2.04. The molecule has 0 spiro atoms. The molecule has 0 aromatic heterocycles. The molecule has 2 amide bonds. The molecular formula is C5H10FNO2. The minimum atomic E-state index is -0.225. The van der Waals surface area contributed by atoms with Crippen molar-refractivity contribution in [3.8, 4) is 0 Å². The summed E-state index contributed by atoms with van der Waals surface area (Å²) in [6.45, 7) is 2.70. The number of halogens is 1. The summed E-state index contributed by atoms with van der Waals surface area (Å²) < 4.78 is 0. The second-order valence-corrected chi connectivity index (χ2v) is 1.60. The van der Waals surface area contributed by atoms with Crippen molar-refractivity contribution in [3.63, 3.8) is 0 Å². The van der Waals surface area contributed by atoms with Gasteiger partial charge in [0.2, 0.25) is 11.8 Å². The Bertz CT molecular complexity index is 110. The van der Waals surface area contributed by atoms with E-state index in [2.05, 4.69) is 0 Å². The van der Waals surface area contributed by atoms with Crippen molar-refractivity contribution >= 4 is 11.8 Å². The Morgan fingerprint density at radius 1 is 1.11 bits per heavy atom. The van der Waals surface area contributed by atoms with Crippen molar-refractivity contribution in [1.29, 1.82) is 0 Å². The molecule has 9 heavy (non-hydrogen) atoms. The first-order chi connectivity index (χ1) is 3.55. The van der Waals surface area contributed by atoms with Gasteiger partial charge in [0.1, 0.15) is 0 Å². The highest BCUT2D eigenvalue weighted by molar-refractivity contribution is 5.92. The zero-order chi connectivity index (χ0) is 6.73. The Morgan fingerprint density at radius 2 is 1.33 bits per heavy atom. The lowest BCUT2D eigenvalue weighted by molar-refractivity contribution is -0.140. The van der Waals surface area contributed by atoms with Crippen LogP contribution in [0.3, 0.4) is 0 Å². The predicted octanol–water partition coefficient (Wildman–Crippen LogP) is 0.164. The Hall–Kier alpha value is -0.930. The van der Waals surface area contributed by atoms with Gasteiger partial charge in [-0.2, -0.15) is 0 Å².